The second-order valence-corrected chi connectivity index (χ2v) is 10.0. The van der Waals surface area contributed by atoms with E-state index in [0.717, 1.165) is 55.7 Å². The van der Waals surface area contributed by atoms with Crippen molar-refractivity contribution in [2.75, 3.05) is 40.4 Å². The Labute approximate surface area is 190 Å². The Morgan fingerprint density at radius 2 is 1.94 bits per heavy atom. The van der Waals surface area contributed by atoms with Crippen molar-refractivity contribution in [2.24, 2.45) is 7.05 Å². The Kier molecular flexibility index (Phi) is 5.58. The van der Waals surface area contributed by atoms with Crippen LogP contribution < -0.4 is 10.1 Å². The number of nitrogens with one attached hydrogen (secondary N) is 1. The molecular formula is C25H36N4O3. The second kappa shape index (κ2) is 8.27. The minimum atomic E-state index is -0.347. The highest BCUT2D eigenvalue weighted by Crippen LogP contribution is 2.50. The zero-order valence-electron chi connectivity index (χ0n) is 19.6. The maximum Gasteiger partial charge on any atom is 0.318 e. The van der Waals surface area contributed by atoms with Gasteiger partial charge in [-0.15, -0.1) is 0 Å². The lowest BCUT2D eigenvalue weighted by molar-refractivity contribution is 0.0704. The molecule has 7 heteroatoms. The van der Waals surface area contributed by atoms with Gasteiger partial charge in [-0.3, -0.25) is 0 Å². The topological polar surface area (TPSA) is 70.0 Å². The van der Waals surface area contributed by atoms with Gasteiger partial charge in [-0.2, -0.15) is 0 Å². The summed E-state index contributed by atoms with van der Waals surface area (Å²) in [6.07, 6.45) is 6.48. The van der Waals surface area contributed by atoms with Gasteiger partial charge >= 0.3 is 6.03 Å². The normalized spacial score (nSPS) is 23.6. The van der Waals surface area contributed by atoms with Crippen LogP contribution in [-0.2, 0) is 12.5 Å². The summed E-state index contributed by atoms with van der Waals surface area (Å²) in [6, 6.07) is 6.15. The van der Waals surface area contributed by atoms with Gasteiger partial charge in [-0.25, -0.2) is 4.79 Å². The van der Waals surface area contributed by atoms with Crippen LogP contribution >= 0.6 is 0 Å². The molecule has 2 amide bonds. The van der Waals surface area contributed by atoms with Crippen LogP contribution in [0.2, 0.25) is 0 Å². The van der Waals surface area contributed by atoms with E-state index < -0.39 is 0 Å². The molecule has 1 saturated heterocycles. The summed E-state index contributed by atoms with van der Waals surface area (Å²) < 4.78 is 7.69. The van der Waals surface area contributed by atoms with E-state index in [1.54, 1.807) is 7.11 Å². The molecule has 2 N–H and O–H groups in total. The maximum atomic E-state index is 13.5. The predicted octanol–water partition coefficient (Wildman–Crippen LogP) is 3.15. The fraction of sp³-hybridized carbons (Fsp3) is 0.640. The van der Waals surface area contributed by atoms with Gasteiger partial charge in [0.05, 0.1) is 25.3 Å². The molecule has 7 nitrogen and oxygen atoms in total. The summed E-state index contributed by atoms with van der Waals surface area (Å²) in [5.74, 6) is 0.823. The molecule has 3 heterocycles. The number of ether oxygens (including phenoxy) is 1. The number of likely N-dealkylation sites (tertiary alicyclic amines) is 1. The van der Waals surface area contributed by atoms with Crippen molar-refractivity contribution < 1.29 is 14.6 Å². The molecule has 5 rings (SSSR count). The molecule has 2 fully saturated rings. The number of hydrogen-bond acceptors (Lipinski definition) is 4. The van der Waals surface area contributed by atoms with Crippen molar-refractivity contribution in [3.8, 4) is 5.75 Å². The molecule has 1 spiro atoms. The number of fused-ring (bicyclic) bond motifs is 4. The Balaban J connectivity index is 1.64. The number of benzene rings is 1. The summed E-state index contributed by atoms with van der Waals surface area (Å²) in [5.41, 5.74) is 3.40. The van der Waals surface area contributed by atoms with E-state index in [4.69, 9.17) is 4.74 Å². The number of methoxy groups -OCH3 is 1. The van der Waals surface area contributed by atoms with E-state index >= 15 is 0 Å². The van der Waals surface area contributed by atoms with Crippen molar-refractivity contribution in [1.29, 1.82) is 0 Å². The molecule has 1 atom stereocenters. The Morgan fingerprint density at radius 1 is 1.22 bits per heavy atom. The summed E-state index contributed by atoms with van der Waals surface area (Å²) >= 11 is 0. The number of amides is 2. The van der Waals surface area contributed by atoms with Gasteiger partial charge in [0.1, 0.15) is 5.75 Å². The van der Waals surface area contributed by atoms with Gasteiger partial charge in [0.25, 0.3) is 0 Å². The molecule has 32 heavy (non-hydrogen) atoms. The number of carbonyl (C=O) groups excluding carboxylic acids is 1. The third kappa shape index (κ3) is 3.37. The summed E-state index contributed by atoms with van der Waals surface area (Å²) in [5, 5.41) is 15.0. The number of aliphatic hydroxyl groups excluding tert-OH is 1. The number of hydrogen-bond donors (Lipinski definition) is 2. The van der Waals surface area contributed by atoms with Crippen LogP contribution in [0, 0.1) is 0 Å². The fourth-order valence-corrected chi connectivity index (χ4v) is 6.35. The van der Waals surface area contributed by atoms with Crippen molar-refractivity contribution in [3.63, 3.8) is 0 Å². The minimum absolute atomic E-state index is 0.0252. The van der Waals surface area contributed by atoms with Crippen LogP contribution in [0.5, 0.6) is 5.75 Å². The third-order valence-electron chi connectivity index (χ3n) is 8.21. The fourth-order valence-electron chi connectivity index (χ4n) is 6.35. The van der Waals surface area contributed by atoms with Gasteiger partial charge < -0.3 is 29.5 Å². The standard InChI is InChI=1S/C25H36N4O3/c1-27-12-10-25(11-13-27)16-29(24(31)26-17-6-4-5-7-17)21(15-30)23-22(25)19-9-8-18(32-3)14-20(19)28(23)2/h8-9,14,17,21,30H,4-7,10-13,15-16H2,1-3H3,(H,26,31)/t21-/m1/s1. The van der Waals surface area contributed by atoms with Crippen LogP contribution in [0.4, 0.5) is 4.79 Å². The van der Waals surface area contributed by atoms with E-state index in [0.29, 0.717) is 6.54 Å². The molecular weight excluding hydrogens is 404 g/mol. The Bertz CT molecular complexity index is 1000. The summed E-state index contributed by atoms with van der Waals surface area (Å²) in [6.45, 7) is 2.59. The van der Waals surface area contributed by atoms with E-state index in [1.165, 1.54) is 23.8 Å². The number of nitrogens with zero attached hydrogens (tertiary/aromatic N) is 3. The van der Waals surface area contributed by atoms with Crippen molar-refractivity contribution in [2.45, 2.75) is 56.0 Å². The van der Waals surface area contributed by atoms with Gasteiger partial charge in [0, 0.05) is 42.2 Å². The van der Waals surface area contributed by atoms with Gasteiger partial charge in [0.15, 0.2) is 0 Å². The predicted molar refractivity (Wildman–Crippen MR) is 125 cm³/mol. The van der Waals surface area contributed by atoms with Crippen molar-refractivity contribution in [3.05, 3.63) is 29.5 Å². The third-order valence-corrected chi connectivity index (χ3v) is 8.21. The molecule has 1 aromatic carbocycles. The quantitative estimate of drug-likeness (QED) is 0.769. The highest BCUT2D eigenvalue weighted by molar-refractivity contribution is 5.89. The molecule has 3 aliphatic rings. The summed E-state index contributed by atoms with van der Waals surface area (Å²) in [4.78, 5) is 17.8. The smallest absolute Gasteiger partial charge is 0.318 e. The number of aliphatic hydroxyl groups is 1. The van der Waals surface area contributed by atoms with E-state index in [1.807, 2.05) is 11.0 Å². The van der Waals surface area contributed by atoms with Crippen molar-refractivity contribution in [1.82, 2.24) is 19.7 Å². The molecule has 174 valence electrons. The Morgan fingerprint density at radius 3 is 2.59 bits per heavy atom. The van der Waals surface area contributed by atoms with Crippen LogP contribution in [0.1, 0.15) is 55.8 Å². The van der Waals surface area contributed by atoms with E-state index in [2.05, 4.69) is 41.0 Å². The number of rotatable bonds is 3. The van der Waals surface area contributed by atoms with Gasteiger partial charge in [-0.05, 0) is 63.5 Å². The minimum Gasteiger partial charge on any atom is -0.497 e. The zero-order valence-corrected chi connectivity index (χ0v) is 19.6. The Hall–Kier alpha value is -2.25. The highest BCUT2D eigenvalue weighted by Gasteiger charge is 2.49. The number of urea groups is 1. The number of aryl methyl sites for hydroxylation is 1. The van der Waals surface area contributed by atoms with Gasteiger partial charge in [0.2, 0.25) is 0 Å². The largest absolute Gasteiger partial charge is 0.497 e. The van der Waals surface area contributed by atoms with E-state index in [9.17, 15) is 9.90 Å². The lowest BCUT2D eigenvalue weighted by Crippen LogP contribution is -2.57. The van der Waals surface area contributed by atoms with Crippen LogP contribution in [0.15, 0.2) is 18.2 Å². The number of carbonyl (C=O) groups is 1. The lowest BCUT2D eigenvalue weighted by Gasteiger charge is -2.50. The highest BCUT2D eigenvalue weighted by atomic mass is 16.5. The van der Waals surface area contributed by atoms with Crippen molar-refractivity contribution >= 4 is 16.9 Å². The monoisotopic (exact) mass is 440 g/mol. The molecule has 0 unspecified atom stereocenters. The first kappa shape index (κ1) is 21.6. The number of aromatic nitrogens is 1. The van der Waals surface area contributed by atoms with E-state index in [-0.39, 0.29) is 30.1 Å². The average Bonchev–Trinajstić information content (AvgIpc) is 3.42. The molecule has 2 aromatic rings. The SMILES string of the molecule is COc1ccc2c3c(n(C)c2c1)[C@@H](CO)N(C(=O)NC1CCCC1)CC31CCN(C)CC1. The molecule has 0 bridgehead atoms. The van der Waals surface area contributed by atoms with Gasteiger partial charge in [-0.1, -0.05) is 12.8 Å². The molecule has 1 aliphatic carbocycles. The molecule has 1 aromatic heterocycles. The number of piperidine rings is 1. The molecule has 2 aliphatic heterocycles. The van der Waals surface area contributed by atoms with Crippen LogP contribution in [-0.4, -0.2) is 71.9 Å². The van der Waals surface area contributed by atoms with Crippen LogP contribution in [0.25, 0.3) is 10.9 Å². The van der Waals surface area contributed by atoms with Crippen LogP contribution in [0.3, 0.4) is 0 Å². The first-order valence-corrected chi connectivity index (χ1v) is 12.0. The first-order valence-electron chi connectivity index (χ1n) is 12.0. The lowest BCUT2D eigenvalue weighted by atomic mass is 9.68. The summed E-state index contributed by atoms with van der Waals surface area (Å²) in [7, 11) is 5.92. The second-order valence-electron chi connectivity index (χ2n) is 10.0. The average molecular weight is 441 g/mol. The maximum absolute atomic E-state index is 13.5. The molecule has 0 radical (unpaired) electrons. The zero-order chi connectivity index (χ0) is 22.5. The molecule has 1 saturated carbocycles. The first-order chi connectivity index (χ1) is 15.5.